The van der Waals surface area contributed by atoms with Crippen LogP contribution in [0.2, 0.25) is 0 Å². The minimum Gasteiger partial charge on any atom is -0.387 e. The number of nitrogens with zero attached hydrogens (tertiary/aromatic N) is 4. The Morgan fingerprint density at radius 1 is 1.38 bits per heavy atom. The molecule has 8 nitrogen and oxygen atoms in total. The van der Waals surface area contributed by atoms with Crippen molar-refractivity contribution in [3.8, 4) is 0 Å². The third kappa shape index (κ3) is 2.95. The second-order valence-corrected chi connectivity index (χ2v) is 11.6. The van der Waals surface area contributed by atoms with Crippen molar-refractivity contribution in [3.63, 3.8) is 0 Å². The van der Waals surface area contributed by atoms with Gasteiger partial charge >= 0.3 is 0 Å². The molecule has 1 saturated heterocycles. The van der Waals surface area contributed by atoms with Crippen LogP contribution in [-0.2, 0) is 4.74 Å². The molecule has 0 spiro atoms. The van der Waals surface area contributed by atoms with Crippen molar-refractivity contribution >= 4 is 30.2 Å². The van der Waals surface area contributed by atoms with Gasteiger partial charge < -0.3 is 20.7 Å². The fourth-order valence-electron chi connectivity index (χ4n) is 2.94. The molecule has 4 N–H and O–H groups in total. The first-order valence-electron chi connectivity index (χ1n) is 7.77. The van der Waals surface area contributed by atoms with Crippen molar-refractivity contribution in [2.45, 2.75) is 37.4 Å². The number of rotatable bonds is 4. The van der Waals surface area contributed by atoms with Crippen molar-refractivity contribution in [1.82, 2.24) is 19.5 Å². The predicted octanol–water partition coefficient (Wildman–Crippen LogP) is 0.517. The van der Waals surface area contributed by atoms with E-state index in [1.807, 2.05) is 6.92 Å². The van der Waals surface area contributed by atoms with E-state index in [2.05, 4.69) is 34.6 Å². The van der Waals surface area contributed by atoms with E-state index in [0.29, 0.717) is 17.6 Å². The van der Waals surface area contributed by atoms with Crippen LogP contribution in [0.3, 0.4) is 0 Å². The molecule has 9 heteroatoms. The van der Waals surface area contributed by atoms with Crippen molar-refractivity contribution < 1.29 is 14.9 Å². The molecule has 0 aliphatic carbocycles. The first-order chi connectivity index (χ1) is 11.1. The number of aliphatic hydroxyl groups excluding tert-OH is 2. The molecule has 0 saturated carbocycles. The molecule has 0 unspecified atom stereocenters. The molecular formula is C15H24N5O3P. The van der Waals surface area contributed by atoms with Gasteiger partial charge in [-0.2, -0.15) is 0 Å². The number of fused-ring (bicyclic) bond motifs is 1. The molecule has 3 heterocycles. The minimum atomic E-state index is -1.26. The quantitative estimate of drug-likeness (QED) is 0.685. The van der Waals surface area contributed by atoms with E-state index in [1.165, 1.54) is 12.7 Å². The highest BCUT2D eigenvalue weighted by molar-refractivity contribution is 7.72. The van der Waals surface area contributed by atoms with Gasteiger partial charge in [0.25, 0.3) is 0 Å². The Labute approximate surface area is 140 Å². The van der Waals surface area contributed by atoms with E-state index in [-0.39, 0.29) is 5.82 Å². The Hall–Kier alpha value is -1.47. The van der Waals surface area contributed by atoms with Crippen molar-refractivity contribution in [1.29, 1.82) is 0 Å². The highest BCUT2D eigenvalue weighted by Gasteiger charge is 2.52. The van der Waals surface area contributed by atoms with E-state index in [4.69, 9.17) is 10.5 Å². The Kier molecular flexibility index (Phi) is 4.20. The fraction of sp³-hybridized carbons (Fsp3) is 0.600. The third-order valence-electron chi connectivity index (χ3n) is 4.51. The highest BCUT2D eigenvalue weighted by Crippen LogP contribution is 2.44. The van der Waals surface area contributed by atoms with Crippen LogP contribution in [0.1, 0.15) is 19.6 Å². The maximum Gasteiger partial charge on any atom is 0.167 e. The largest absolute Gasteiger partial charge is 0.387 e. The van der Waals surface area contributed by atoms with Crippen LogP contribution < -0.4 is 5.73 Å². The number of nitrogens with two attached hydrogens (primary N) is 1. The molecule has 3 rings (SSSR count). The lowest BCUT2D eigenvalue weighted by atomic mass is 9.95. The molecule has 0 aromatic carbocycles. The zero-order valence-corrected chi connectivity index (χ0v) is 15.0. The summed E-state index contributed by atoms with van der Waals surface area (Å²) in [6.45, 7) is 4.82. The van der Waals surface area contributed by atoms with Crippen LogP contribution in [0.5, 0.6) is 0 Å². The van der Waals surface area contributed by atoms with Gasteiger partial charge in [-0.3, -0.25) is 4.57 Å². The monoisotopic (exact) mass is 353 g/mol. The van der Waals surface area contributed by atoms with Gasteiger partial charge in [0.05, 0.1) is 11.9 Å². The average Bonchev–Trinajstić information content (AvgIpc) is 3.02. The lowest BCUT2D eigenvalue weighted by molar-refractivity contribution is -0.0925. The van der Waals surface area contributed by atoms with Crippen LogP contribution in [0.25, 0.3) is 11.2 Å². The molecular weight excluding hydrogens is 329 g/mol. The molecule has 0 bridgehead atoms. The second-order valence-electron chi connectivity index (χ2n) is 7.25. The number of anilines is 1. The number of imidazole rings is 1. The summed E-state index contributed by atoms with van der Waals surface area (Å²) in [4.78, 5) is 12.3. The van der Waals surface area contributed by atoms with E-state index in [1.54, 1.807) is 4.57 Å². The second kappa shape index (κ2) is 5.81. The van der Waals surface area contributed by atoms with Crippen molar-refractivity contribution in [2.24, 2.45) is 0 Å². The van der Waals surface area contributed by atoms with E-state index in [9.17, 15) is 10.2 Å². The Balaban J connectivity index is 1.92. The SMILES string of the molecule is C=P(C)(C)CC[C@@]1(C)O[C@@H](n2cnc3c(N)ncnc32)[C@H](O)[C@@H]1O. The van der Waals surface area contributed by atoms with Gasteiger partial charge in [-0.1, -0.05) is 0 Å². The Morgan fingerprint density at radius 2 is 2.08 bits per heavy atom. The number of aliphatic hydroxyl groups is 2. The molecule has 1 fully saturated rings. The maximum absolute atomic E-state index is 10.5. The van der Waals surface area contributed by atoms with Crippen molar-refractivity contribution in [3.05, 3.63) is 12.7 Å². The smallest absolute Gasteiger partial charge is 0.167 e. The van der Waals surface area contributed by atoms with Crippen LogP contribution in [-0.4, -0.2) is 73.3 Å². The summed E-state index contributed by atoms with van der Waals surface area (Å²) in [7, 11) is 0. The van der Waals surface area contributed by atoms with Gasteiger partial charge in [-0.15, -0.1) is 13.2 Å². The average molecular weight is 353 g/mol. The summed E-state index contributed by atoms with van der Waals surface area (Å²) in [6, 6.07) is 0. The fourth-order valence-corrected chi connectivity index (χ4v) is 3.99. The van der Waals surface area contributed by atoms with E-state index < -0.39 is 30.9 Å². The molecule has 1 aliphatic heterocycles. The molecule has 4 atom stereocenters. The molecule has 2 aromatic rings. The number of hydrogen-bond acceptors (Lipinski definition) is 7. The van der Waals surface area contributed by atoms with Crippen molar-refractivity contribution in [2.75, 3.05) is 25.2 Å². The molecule has 24 heavy (non-hydrogen) atoms. The highest BCUT2D eigenvalue weighted by atomic mass is 31.2. The predicted molar refractivity (Wildman–Crippen MR) is 95.6 cm³/mol. The molecule has 132 valence electrons. The molecule has 2 aromatic heterocycles. The van der Waals surface area contributed by atoms with Crippen LogP contribution in [0, 0.1) is 0 Å². The van der Waals surface area contributed by atoms with Crippen LogP contribution in [0.4, 0.5) is 5.82 Å². The number of ether oxygens (including phenoxy) is 1. The minimum absolute atomic E-state index is 0.262. The number of nitrogen functional groups attached to an aromatic ring is 1. The zero-order valence-electron chi connectivity index (χ0n) is 14.1. The summed E-state index contributed by atoms with van der Waals surface area (Å²) in [5.41, 5.74) is 5.85. The lowest BCUT2D eigenvalue weighted by Crippen LogP contribution is -2.41. The Morgan fingerprint density at radius 3 is 2.75 bits per heavy atom. The van der Waals surface area contributed by atoms with E-state index >= 15 is 0 Å². The maximum atomic E-state index is 10.5. The Bertz CT molecular complexity index is 804. The van der Waals surface area contributed by atoms with Gasteiger partial charge in [0.2, 0.25) is 0 Å². The summed E-state index contributed by atoms with van der Waals surface area (Å²) in [6.07, 6.45) is 5.63. The van der Waals surface area contributed by atoms with Gasteiger partial charge in [-0.05, 0) is 32.8 Å². The third-order valence-corrected chi connectivity index (χ3v) is 5.94. The lowest BCUT2D eigenvalue weighted by Gasteiger charge is -2.29. The number of hydrogen-bond donors (Lipinski definition) is 3. The summed E-state index contributed by atoms with van der Waals surface area (Å²) >= 11 is 0. The summed E-state index contributed by atoms with van der Waals surface area (Å²) in [5.74, 6) is 0.262. The number of aromatic nitrogens is 4. The van der Waals surface area contributed by atoms with Gasteiger partial charge in [-0.25, -0.2) is 15.0 Å². The van der Waals surface area contributed by atoms with Gasteiger partial charge in [0.1, 0.15) is 24.1 Å². The molecule has 0 radical (unpaired) electrons. The topological polar surface area (TPSA) is 119 Å². The molecule has 1 aliphatic rings. The first-order valence-corrected chi connectivity index (χ1v) is 10.8. The van der Waals surface area contributed by atoms with Gasteiger partial charge in [0.15, 0.2) is 17.7 Å². The van der Waals surface area contributed by atoms with E-state index in [0.717, 1.165) is 6.16 Å². The summed E-state index contributed by atoms with van der Waals surface area (Å²) < 4.78 is 7.67. The standard InChI is InChI=1S/C15H24N5O3P/c1-15(5-6-24(2,3)4)11(22)10(21)14(23-15)20-8-19-9-12(16)17-7-18-13(9)20/h7-8,10-11,14,21-22H,2,5-6H2,1,3-4H3,(H2,16,17,18)/t10-,11+,14-,15-/m1/s1. The normalized spacial score (nSPS) is 31.0. The van der Waals surface area contributed by atoms with Gasteiger partial charge in [0, 0.05) is 0 Å². The summed E-state index contributed by atoms with van der Waals surface area (Å²) in [5, 5.41) is 21.1. The molecule has 0 amide bonds. The first kappa shape index (κ1) is 17.4. The zero-order chi connectivity index (χ0) is 17.7. The van der Waals surface area contributed by atoms with Crippen LogP contribution in [0.15, 0.2) is 12.7 Å². The van der Waals surface area contributed by atoms with Crippen LogP contribution >= 0.6 is 6.89 Å².